The van der Waals surface area contributed by atoms with Gasteiger partial charge in [0.2, 0.25) is 4.77 Å². The van der Waals surface area contributed by atoms with Gasteiger partial charge in [-0.05, 0) is 49.0 Å². The highest BCUT2D eigenvalue weighted by Gasteiger charge is 2.09. The molecule has 0 radical (unpaired) electrons. The topological polar surface area (TPSA) is 55.2 Å². The van der Waals surface area contributed by atoms with Gasteiger partial charge < -0.3 is 4.74 Å². The Morgan fingerprint density at radius 1 is 1.29 bits per heavy atom. The van der Waals surface area contributed by atoms with Gasteiger partial charge in [-0.1, -0.05) is 40.2 Å². The first-order chi connectivity index (χ1) is 11.7. The highest BCUT2D eigenvalue weighted by atomic mass is 79.9. The van der Waals surface area contributed by atoms with E-state index in [1.54, 1.807) is 10.9 Å². The number of nitrogens with zero attached hydrogens (tertiary/aromatic N) is 3. The van der Waals surface area contributed by atoms with Gasteiger partial charge in [0.25, 0.3) is 0 Å². The number of halogens is 1. The van der Waals surface area contributed by atoms with Crippen molar-refractivity contribution in [3.8, 4) is 17.1 Å². The molecule has 1 N–H and O–H groups in total. The van der Waals surface area contributed by atoms with Crippen LogP contribution in [-0.2, 0) is 0 Å². The van der Waals surface area contributed by atoms with E-state index in [1.165, 1.54) is 0 Å². The van der Waals surface area contributed by atoms with Gasteiger partial charge in [0.15, 0.2) is 5.82 Å². The lowest BCUT2D eigenvalue weighted by Crippen LogP contribution is -1.96. The largest absolute Gasteiger partial charge is 0.494 e. The number of hydrogen-bond acceptors (Lipinski definition) is 4. The number of nitrogens with one attached hydrogen (secondary N) is 1. The van der Waals surface area contributed by atoms with Crippen molar-refractivity contribution in [3.63, 3.8) is 0 Å². The van der Waals surface area contributed by atoms with Crippen LogP contribution in [0.15, 0.2) is 58.1 Å². The molecule has 1 heterocycles. The number of ether oxygens (including phenoxy) is 1. The molecule has 2 aromatic carbocycles. The Labute approximate surface area is 153 Å². The summed E-state index contributed by atoms with van der Waals surface area (Å²) in [5.74, 6) is 1.42. The van der Waals surface area contributed by atoms with Gasteiger partial charge in [-0.25, -0.2) is 5.10 Å². The maximum Gasteiger partial charge on any atom is 0.216 e. The first-order valence-corrected chi connectivity index (χ1v) is 8.58. The van der Waals surface area contributed by atoms with Gasteiger partial charge in [-0.15, -0.1) is 0 Å². The maximum absolute atomic E-state index is 5.54. The molecule has 0 bridgehead atoms. The second-order valence-electron chi connectivity index (χ2n) is 4.92. The molecule has 0 saturated heterocycles. The predicted molar refractivity (Wildman–Crippen MR) is 101 cm³/mol. The Bertz CT molecular complexity index is 932. The molecule has 5 nitrogen and oxygen atoms in total. The second kappa shape index (κ2) is 7.55. The van der Waals surface area contributed by atoms with Gasteiger partial charge in [-0.2, -0.15) is 14.9 Å². The van der Waals surface area contributed by atoms with Crippen LogP contribution in [0.3, 0.4) is 0 Å². The summed E-state index contributed by atoms with van der Waals surface area (Å²) in [7, 11) is 0. The summed E-state index contributed by atoms with van der Waals surface area (Å²) in [5, 5.41) is 11.5. The summed E-state index contributed by atoms with van der Waals surface area (Å²) in [4.78, 5) is 0. The Kier molecular flexibility index (Phi) is 5.22. The van der Waals surface area contributed by atoms with Crippen molar-refractivity contribution in [2.45, 2.75) is 6.92 Å². The highest BCUT2D eigenvalue weighted by molar-refractivity contribution is 9.10. The monoisotopic (exact) mass is 402 g/mol. The third kappa shape index (κ3) is 3.80. The van der Waals surface area contributed by atoms with E-state index in [4.69, 9.17) is 17.0 Å². The van der Waals surface area contributed by atoms with Crippen LogP contribution < -0.4 is 4.74 Å². The molecule has 122 valence electrons. The molecule has 0 unspecified atom stereocenters. The molecule has 0 fully saturated rings. The normalized spacial score (nSPS) is 11.1. The molecule has 0 saturated carbocycles. The van der Waals surface area contributed by atoms with E-state index >= 15 is 0 Å². The third-order valence-electron chi connectivity index (χ3n) is 3.22. The van der Waals surface area contributed by atoms with Crippen LogP contribution >= 0.6 is 28.1 Å². The van der Waals surface area contributed by atoms with Crippen molar-refractivity contribution in [3.05, 3.63) is 63.3 Å². The number of hydrogen-bond donors (Lipinski definition) is 1. The van der Waals surface area contributed by atoms with E-state index in [2.05, 4.69) is 31.2 Å². The zero-order valence-electron chi connectivity index (χ0n) is 12.9. The standard InChI is InChI=1S/C17H15BrN4OS/c1-2-23-15-8-4-6-13(10-15)16-20-21-17(24)22(16)19-11-12-5-3-7-14(18)9-12/h3-11H,2H2,1H3,(H,21,24). The quantitative estimate of drug-likeness (QED) is 0.498. The average Bonchev–Trinajstić information content (AvgIpc) is 2.94. The molecule has 24 heavy (non-hydrogen) atoms. The molecule has 0 aliphatic carbocycles. The zero-order valence-corrected chi connectivity index (χ0v) is 15.3. The number of aromatic nitrogens is 3. The molecule has 0 aliphatic heterocycles. The fourth-order valence-electron chi connectivity index (χ4n) is 2.19. The van der Waals surface area contributed by atoms with Crippen molar-refractivity contribution < 1.29 is 4.74 Å². The van der Waals surface area contributed by atoms with Crippen LogP contribution in [-0.4, -0.2) is 27.7 Å². The van der Waals surface area contributed by atoms with Crippen molar-refractivity contribution in [2.75, 3.05) is 6.61 Å². The van der Waals surface area contributed by atoms with E-state index < -0.39 is 0 Å². The lowest BCUT2D eigenvalue weighted by molar-refractivity contribution is 0.340. The number of aromatic amines is 1. The van der Waals surface area contributed by atoms with Crippen LogP contribution in [0.2, 0.25) is 0 Å². The highest BCUT2D eigenvalue weighted by Crippen LogP contribution is 2.22. The van der Waals surface area contributed by atoms with E-state index in [0.717, 1.165) is 21.3 Å². The van der Waals surface area contributed by atoms with Crippen LogP contribution in [0.4, 0.5) is 0 Å². The number of H-pyrrole nitrogens is 1. The van der Waals surface area contributed by atoms with Gasteiger partial charge in [0.1, 0.15) is 5.75 Å². The zero-order chi connectivity index (χ0) is 16.9. The molecule has 7 heteroatoms. The molecule has 0 aliphatic rings. The Morgan fingerprint density at radius 2 is 2.12 bits per heavy atom. The smallest absolute Gasteiger partial charge is 0.216 e. The van der Waals surface area contributed by atoms with E-state index in [9.17, 15) is 0 Å². The van der Waals surface area contributed by atoms with Crippen molar-refractivity contribution in [2.24, 2.45) is 5.10 Å². The SMILES string of the molecule is CCOc1cccc(-c2n[nH]c(=S)n2N=Cc2cccc(Br)c2)c1. The summed E-state index contributed by atoms with van der Waals surface area (Å²) in [6.45, 7) is 2.56. The minimum Gasteiger partial charge on any atom is -0.494 e. The minimum atomic E-state index is 0.429. The van der Waals surface area contributed by atoms with E-state index in [1.807, 2.05) is 55.5 Å². The predicted octanol–water partition coefficient (Wildman–Crippen LogP) is 4.65. The van der Waals surface area contributed by atoms with Crippen molar-refractivity contribution >= 4 is 34.4 Å². The van der Waals surface area contributed by atoms with E-state index in [0.29, 0.717) is 17.2 Å². The fourth-order valence-corrected chi connectivity index (χ4v) is 2.78. The Balaban J connectivity index is 1.97. The Morgan fingerprint density at radius 3 is 2.92 bits per heavy atom. The second-order valence-corrected chi connectivity index (χ2v) is 6.23. The first-order valence-electron chi connectivity index (χ1n) is 7.38. The molecular formula is C17H15BrN4OS. The molecule has 3 rings (SSSR count). The van der Waals surface area contributed by atoms with E-state index in [-0.39, 0.29) is 0 Å². The number of rotatable bonds is 5. The van der Waals surface area contributed by atoms with Crippen LogP contribution in [0.5, 0.6) is 5.75 Å². The summed E-state index contributed by atoms with van der Waals surface area (Å²) < 4.78 is 8.56. The molecule has 0 amide bonds. The summed E-state index contributed by atoms with van der Waals surface area (Å²) >= 11 is 8.74. The minimum absolute atomic E-state index is 0.429. The first kappa shape index (κ1) is 16.6. The lowest BCUT2D eigenvalue weighted by Gasteiger charge is -2.05. The molecule has 0 atom stereocenters. The Hall–Kier alpha value is -2.25. The summed E-state index contributed by atoms with van der Waals surface area (Å²) in [5.41, 5.74) is 1.83. The maximum atomic E-state index is 5.54. The molecular weight excluding hydrogens is 388 g/mol. The fraction of sp³-hybridized carbons (Fsp3) is 0.118. The van der Waals surface area contributed by atoms with Gasteiger partial charge >= 0.3 is 0 Å². The van der Waals surface area contributed by atoms with Gasteiger partial charge in [0.05, 0.1) is 12.8 Å². The molecule has 3 aromatic rings. The van der Waals surface area contributed by atoms with Crippen molar-refractivity contribution in [1.29, 1.82) is 0 Å². The lowest BCUT2D eigenvalue weighted by atomic mass is 10.2. The molecule has 0 spiro atoms. The summed E-state index contributed by atoms with van der Waals surface area (Å²) in [6, 6.07) is 15.5. The third-order valence-corrected chi connectivity index (χ3v) is 3.98. The summed E-state index contributed by atoms with van der Waals surface area (Å²) in [6.07, 6.45) is 1.74. The average molecular weight is 403 g/mol. The number of benzene rings is 2. The van der Waals surface area contributed by atoms with Crippen LogP contribution in [0.25, 0.3) is 11.4 Å². The van der Waals surface area contributed by atoms with Gasteiger partial charge in [-0.3, -0.25) is 0 Å². The van der Waals surface area contributed by atoms with Crippen LogP contribution in [0, 0.1) is 4.77 Å². The van der Waals surface area contributed by atoms with Gasteiger partial charge in [0, 0.05) is 10.0 Å². The molecule has 1 aromatic heterocycles. The van der Waals surface area contributed by atoms with Crippen LogP contribution in [0.1, 0.15) is 12.5 Å². The van der Waals surface area contributed by atoms with Crippen molar-refractivity contribution in [1.82, 2.24) is 14.9 Å².